The summed E-state index contributed by atoms with van der Waals surface area (Å²) in [4.78, 5) is 14.9. The third-order valence-corrected chi connectivity index (χ3v) is 6.21. The van der Waals surface area contributed by atoms with Crippen LogP contribution in [0.25, 0.3) is 0 Å². The van der Waals surface area contributed by atoms with Crippen LogP contribution in [0.4, 0.5) is 0 Å². The largest absolute Gasteiger partial charge is 0.353 e. The summed E-state index contributed by atoms with van der Waals surface area (Å²) in [6.45, 7) is 3.66. The number of nitrogens with one attached hydrogen (secondary N) is 2. The van der Waals surface area contributed by atoms with Gasteiger partial charge in [-0.1, -0.05) is 0 Å². The van der Waals surface area contributed by atoms with Crippen LogP contribution < -0.4 is 10.6 Å². The Hall–Kier alpha value is -0.610. The third-order valence-electron chi connectivity index (χ3n) is 6.21. The summed E-state index contributed by atoms with van der Waals surface area (Å²) in [5, 5.41) is 6.98. The molecule has 4 fully saturated rings. The molecule has 2 bridgehead atoms. The molecular formula is C18H31N3O. The van der Waals surface area contributed by atoms with Gasteiger partial charge >= 0.3 is 0 Å². The molecule has 4 heteroatoms. The summed E-state index contributed by atoms with van der Waals surface area (Å²) >= 11 is 0. The minimum atomic E-state index is 0.312. The Bertz CT molecular complexity index is 389. The highest BCUT2D eigenvalue weighted by Gasteiger charge is 2.34. The lowest BCUT2D eigenvalue weighted by molar-refractivity contribution is -0.123. The van der Waals surface area contributed by atoms with Crippen molar-refractivity contribution in [3.63, 3.8) is 0 Å². The molecule has 3 heterocycles. The predicted molar refractivity (Wildman–Crippen MR) is 87.6 cm³/mol. The lowest BCUT2D eigenvalue weighted by Gasteiger charge is -2.33. The van der Waals surface area contributed by atoms with Crippen LogP contribution in [0.2, 0.25) is 0 Å². The van der Waals surface area contributed by atoms with E-state index in [4.69, 9.17) is 0 Å². The standard InChI is InChI=1S/C18H31N3O/c22-18(11-14-9-16-3-4-17(10-14)19-16)20-15-5-7-21(8-6-15)12-13-1-2-13/h13-17,19H,1-12H2,(H,20,22). The van der Waals surface area contributed by atoms with E-state index < -0.39 is 0 Å². The van der Waals surface area contributed by atoms with Crippen molar-refractivity contribution >= 4 is 5.91 Å². The smallest absolute Gasteiger partial charge is 0.220 e. The van der Waals surface area contributed by atoms with Crippen molar-refractivity contribution in [3.8, 4) is 0 Å². The number of carbonyl (C=O) groups excluding carboxylic acids is 1. The topological polar surface area (TPSA) is 44.4 Å². The van der Waals surface area contributed by atoms with Crippen LogP contribution in [0.15, 0.2) is 0 Å². The second kappa shape index (κ2) is 6.48. The minimum Gasteiger partial charge on any atom is -0.353 e. The minimum absolute atomic E-state index is 0.312. The lowest BCUT2D eigenvalue weighted by Crippen LogP contribution is -2.46. The molecule has 2 atom stereocenters. The first kappa shape index (κ1) is 14.9. The maximum Gasteiger partial charge on any atom is 0.220 e. The van der Waals surface area contributed by atoms with Crippen molar-refractivity contribution < 1.29 is 4.79 Å². The van der Waals surface area contributed by atoms with Gasteiger partial charge in [-0.2, -0.15) is 0 Å². The highest BCUT2D eigenvalue weighted by Crippen LogP contribution is 2.33. The van der Waals surface area contributed by atoms with Crippen molar-refractivity contribution in [2.24, 2.45) is 11.8 Å². The summed E-state index contributed by atoms with van der Waals surface area (Å²) in [5.74, 6) is 1.92. The van der Waals surface area contributed by atoms with Gasteiger partial charge in [0, 0.05) is 44.2 Å². The number of amides is 1. The van der Waals surface area contributed by atoms with Crippen LogP contribution in [0.3, 0.4) is 0 Å². The summed E-state index contributed by atoms with van der Waals surface area (Å²) in [7, 11) is 0. The van der Waals surface area contributed by atoms with Gasteiger partial charge in [-0.15, -0.1) is 0 Å². The van der Waals surface area contributed by atoms with Gasteiger partial charge in [0.2, 0.25) is 5.91 Å². The average Bonchev–Trinajstić information content (AvgIpc) is 3.25. The second-order valence-corrected chi connectivity index (χ2v) is 8.27. The first-order valence-corrected chi connectivity index (χ1v) is 9.52. The van der Waals surface area contributed by atoms with Gasteiger partial charge in [0.05, 0.1) is 0 Å². The molecule has 4 rings (SSSR count). The van der Waals surface area contributed by atoms with Gasteiger partial charge in [0.25, 0.3) is 0 Å². The number of fused-ring (bicyclic) bond motifs is 2. The Morgan fingerprint density at radius 3 is 2.27 bits per heavy atom. The zero-order valence-electron chi connectivity index (χ0n) is 13.7. The molecule has 2 N–H and O–H groups in total. The first-order chi connectivity index (χ1) is 10.7. The molecular weight excluding hydrogens is 274 g/mol. The average molecular weight is 305 g/mol. The number of nitrogens with zero attached hydrogens (tertiary/aromatic N) is 1. The van der Waals surface area contributed by atoms with E-state index in [9.17, 15) is 4.79 Å². The summed E-state index contributed by atoms with van der Waals surface area (Å²) < 4.78 is 0. The Labute approximate surface area is 134 Å². The molecule has 0 aromatic heterocycles. The molecule has 0 aromatic carbocycles. The van der Waals surface area contributed by atoms with Gasteiger partial charge in [0.15, 0.2) is 0 Å². The Kier molecular flexibility index (Phi) is 4.40. The van der Waals surface area contributed by atoms with Gasteiger partial charge in [0.1, 0.15) is 0 Å². The normalized spacial score (nSPS) is 36.5. The Balaban J connectivity index is 1.16. The molecule has 22 heavy (non-hydrogen) atoms. The van der Waals surface area contributed by atoms with E-state index in [0.717, 1.165) is 25.2 Å². The molecule has 4 nitrogen and oxygen atoms in total. The maximum absolute atomic E-state index is 12.3. The molecule has 3 saturated heterocycles. The van der Waals surface area contributed by atoms with Crippen molar-refractivity contribution in [1.82, 2.24) is 15.5 Å². The third kappa shape index (κ3) is 3.83. The predicted octanol–water partition coefficient (Wildman–Crippen LogP) is 1.90. The number of likely N-dealkylation sites (tertiary alicyclic amines) is 1. The van der Waals surface area contributed by atoms with Crippen LogP contribution >= 0.6 is 0 Å². The van der Waals surface area contributed by atoms with E-state index >= 15 is 0 Å². The van der Waals surface area contributed by atoms with Crippen LogP contribution in [0.5, 0.6) is 0 Å². The SMILES string of the molecule is O=C(CC1CC2CCC(C1)N2)NC1CCN(CC2CC2)CC1. The van der Waals surface area contributed by atoms with Crippen molar-refractivity contribution in [3.05, 3.63) is 0 Å². The molecule has 0 aromatic rings. The van der Waals surface area contributed by atoms with E-state index in [-0.39, 0.29) is 0 Å². The Morgan fingerprint density at radius 1 is 0.955 bits per heavy atom. The summed E-state index contributed by atoms with van der Waals surface area (Å²) in [6, 6.07) is 1.82. The fraction of sp³-hybridized carbons (Fsp3) is 0.944. The highest BCUT2D eigenvalue weighted by atomic mass is 16.1. The second-order valence-electron chi connectivity index (χ2n) is 8.27. The van der Waals surface area contributed by atoms with Crippen LogP contribution in [-0.2, 0) is 4.79 Å². The molecule has 0 radical (unpaired) electrons. The van der Waals surface area contributed by atoms with Crippen LogP contribution in [-0.4, -0.2) is 48.6 Å². The molecule has 1 saturated carbocycles. The zero-order chi connectivity index (χ0) is 14.9. The fourth-order valence-corrected chi connectivity index (χ4v) is 4.82. The van der Waals surface area contributed by atoms with E-state index in [2.05, 4.69) is 15.5 Å². The van der Waals surface area contributed by atoms with Crippen molar-refractivity contribution in [1.29, 1.82) is 0 Å². The number of hydrogen-bond donors (Lipinski definition) is 2. The monoisotopic (exact) mass is 305 g/mol. The highest BCUT2D eigenvalue weighted by molar-refractivity contribution is 5.76. The molecule has 1 amide bonds. The Morgan fingerprint density at radius 2 is 1.64 bits per heavy atom. The number of piperidine rings is 2. The van der Waals surface area contributed by atoms with Crippen molar-refractivity contribution in [2.45, 2.75) is 75.9 Å². The summed E-state index contributed by atoms with van der Waals surface area (Å²) in [6.07, 6.45) is 11.0. The molecule has 3 aliphatic heterocycles. The fourth-order valence-electron chi connectivity index (χ4n) is 4.82. The summed E-state index contributed by atoms with van der Waals surface area (Å²) in [5.41, 5.74) is 0. The zero-order valence-corrected chi connectivity index (χ0v) is 13.7. The number of rotatable bonds is 5. The number of carbonyl (C=O) groups is 1. The van der Waals surface area contributed by atoms with E-state index in [0.29, 0.717) is 30.0 Å². The lowest BCUT2D eigenvalue weighted by atomic mass is 9.89. The van der Waals surface area contributed by atoms with Gasteiger partial charge in [-0.3, -0.25) is 4.79 Å². The van der Waals surface area contributed by atoms with E-state index in [1.165, 1.54) is 58.2 Å². The quantitative estimate of drug-likeness (QED) is 0.815. The van der Waals surface area contributed by atoms with Gasteiger partial charge < -0.3 is 15.5 Å². The van der Waals surface area contributed by atoms with Crippen LogP contribution in [0, 0.1) is 11.8 Å². The molecule has 1 aliphatic carbocycles. The van der Waals surface area contributed by atoms with Crippen LogP contribution in [0.1, 0.15) is 57.8 Å². The molecule has 124 valence electrons. The van der Waals surface area contributed by atoms with Gasteiger partial charge in [-0.25, -0.2) is 0 Å². The first-order valence-electron chi connectivity index (χ1n) is 9.52. The molecule has 2 unspecified atom stereocenters. The number of hydrogen-bond acceptors (Lipinski definition) is 3. The van der Waals surface area contributed by atoms with Gasteiger partial charge in [-0.05, 0) is 63.2 Å². The van der Waals surface area contributed by atoms with E-state index in [1.54, 1.807) is 0 Å². The molecule has 4 aliphatic rings. The van der Waals surface area contributed by atoms with E-state index in [1.807, 2.05) is 0 Å². The van der Waals surface area contributed by atoms with Crippen molar-refractivity contribution in [2.75, 3.05) is 19.6 Å². The maximum atomic E-state index is 12.3. The molecule has 0 spiro atoms.